The van der Waals surface area contributed by atoms with Gasteiger partial charge in [-0.1, -0.05) is 19.0 Å². The Morgan fingerprint density at radius 1 is 1.30 bits per heavy atom. The van der Waals surface area contributed by atoms with Crippen LogP contribution in [0.25, 0.3) is 0 Å². The lowest BCUT2D eigenvalue weighted by Crippen LogP contribution is -2.60. The highest BCUT2D eigenvalue weighted by Gasteiger charge is 2.44. The average molecular weight is 319 g/mol. The lowest BCUT2D eigenvalue weighted by Gasteiger charge is -2.52. The Morgan fingerprint density at radius 2 is 2.13 bits per heavy atom. The summed E-state index contributed by atoms with van der Waals surface area (Å²) in [6.07, 6.45) is -3.97. The molecule has 1 aliphatic carbocycles. The van der Waals surface area contributed by atoms with Gasteiger partial charge in [0.25, 0.3) is 5.91 Å². The van der Waals surface area contributed by atoms with Crippen LogP contribution in [0, 0.1) is 11.8 Å². The molecule has 5 aliphatic rings. The molecule has 0 radical (unpaired) electrons. The van der Waals surface area contributed by atoms with Crippen LogP contribution in [0.2, 0.25) is 0 Å². The monoisotopic (exact) mass is 319 g/mol. The molecule has 2 bridgehead atoms. The van der Waals surface area contributed by atoms with Gasteiger partial charge in [-0.3, -0.25) is 4.79 Å². The Bertz CT molecular complexity index is 1030. The number of piperidine rings is 3. The molecule has 122 valence electrons. The van der Waals surface area contributed by atoms with Crippen molar-refractivity contribution in [2.24, 2.45) is 11.8 Å². The van der Waals surface area contributed by atoms with Gasteiger partial charge >= 0.3 is 0 Å². The van der Waals surface area contributed by atoms with Gasteiger partial charge in [-0.25, -0.2) is 0 Å². The third-order valence-corrected chi connectivity index (χ3v) is 5.83. The number of benzene rings is 1. The quantitative estimate of drug-likeness (QED) is 0.794. The first-order valence-corrected chi connectivity index (χ1v) is 8.36. The molecule has 0 N–H and O–H groups in total. The second-order valence-corrected chi connectivity index (χ2v) is 6.99. The maximum Gasteiger partial charge on any atom is 0.254 e. The number of fused-ring (bicyclic) bond motifs is 3. The van der Waals surface area contributed by atoms with E-state index in [4.69, 9.17) is 11.0 Å². The maximum absolute atomic E-state index is 13.7. The van der Waals surface area contributed by atoms with Crippen LogP contribution in [0.3, 0.4) is 0 Å². The summed E-state index contributed by atoms with van der Waals surface area (Å²) in [4.78, 5) is 17.4. The van der Waals surface area contributed by atoms with Crippen LogP contribution in [0.15, 0.2) is 18.1 Å². The van der Waals surface area contributed by atoms with Gasteiger partial charge in [0.1, 0.15) is 0 Å². The van der Waals surface area contributed by atoms with E-state index in [0.717, 1.165) is 25.9 Å². The fourth-order valence-electron chi connectivity index (χ4n) is 4.52. The van der Waals surface area contributed by atoms with Gasteiger partial charge in [-0.2, -0.15) is 0 Å². The summed E-state index contributed by atoms with van der Waals surface area (Å²) in [5, 5.41) is 0. The standard InChI is InChI=1S/C20H26N2O/c1-13-5-6-15-3-2-4-16-19(15)17(13)11-22(20(16)23)18-12-21-9-7-14(18)8-10-21/h2-4,13-14,17-18H,5-12H2,1H3/t13?,17-,18+/m0/s1/i2D,3D,4D,5D2,6D2,13D,17D. The highest BCUT2D eigenvalue weighted by atomic mass is 16.2. The Morgan fingerprint density at radius 3 is 2.87 bits per heavy atom. The summed E-state index contributed by atoms with van der Waals surface area (Å²) in [6.45, 7) is 3.34. The van der Waals surface area contributed by atoms with Crippen molar-refractivity contribution in [3.05, 3.63) is 34.8 Å². The molecule has 3 fully saturated rings. The predicted octanol–water partition coefficient (Wildman–Crippen LogP) is 2.90. The molecule has 0 saturated carbocycles. The average Bonchev–Trinajstić information content (AvgIpc) is 2.73. The molecular formula is C20H26N2O. The molecule has 1 aromatic rings. The molecule has 1 unspecified atom stereocenters. The lowest BCUT2D eigenvalue weighted by molar-refractivity contribution is 0.000704. The number of carbonyl (C=O) groups is 1. The van der Waals surface area contributed by atoms with E-state index in [1.807, 2.05) is 0 Å². The molecule has 1 aromatic carbocycles. The molecule has 1 amide bonds. The minimum Gasteiger partial charge on any atom is -0.333 e. The van der Waals surface area contributed by atoms with E-state index in [1.54, 1.807) is 0 Å². The Hall–Kier alpha value is -1.35. The highest BCUT2D eigenvalue weighted by molar-refractivity contribution is 5.98. The molecule has 0 aromatic heterocycles. The van der Waals surface area contributed by atoms with Crippen LogP contribution in [-0.2, 0) is 6.37 Å². The molecule has 0 spiro atoms. The van der Waals surface area contributed by atoms with Crippen molar-refractivity contribution in [2.75, 3.05) is 26.2 Å². The predicted molar refractivity (Wildman–Crippen MR) is 90.7 cm³/mol. The fourth-order valence-corrected chi connectivity index (χ4v) is 4.52. The smallest absolute Gasteiger partial charge is 0.254 e. The third kappa shape index (κ3) is 2.02. The zero-order valence-electron chi connectivity index (χ0n) is 22.2. The SMILES string of the molecule is [2H]c1c([2H])c2c3c(c1[2H])C([2H])([2H])C([2H])([2H])C([2H])(C)[C@]3([2H])CN([C@@H]1CN3CCC1CC3)C2=O. The minimum absolute atomic E-state index is 0.206. The van der Waals surface area contributed by atoms with Gasteiger partial charge in [-0.05, 0) is 67.7 Å². The molecule has 3 nitrogen and oxygen atoms in total. The van der Waals surface area contributed by atoms with Crippen molar-refractivity contribution in [1.29, 1.82) is 0 Å². The molecule has 3 atom stereocenters. The second-order valence-electron chi connectivity index (χ2n) is 6.99. The number of hydrogen-bond donors (Lipinski definition) is 0. The summed E-state index contributed by atoms with van der Waals surface area (Å²) >= 11 is 0. The molecular weight excluding hydrogens is 284 g/mol. The largest absolute Gasteiger partial charge is 0.333 e. The number of rotatable bonds is 1. The van der Waals surface area contributed by atoms with Gasteiger partial charge in [0, 0.05) is 38.8 Å². The van der Waals surface area contributed by atoms with E-state index in [9.17, 15) is 6.17 Å². The van der Waals surface area contributed by atoms with Gasteiger partial charge in [0.05, 0.1) is 4.11 Å². The topological polar surface area (TPSA) is 23.6 Å². The van der Waals surface area contributed by atoms with Crippen LogP contribution >= 0.6 is 0 Å². The van der Waals surface area contributed by atoms with Crippen molar-refractivity contribution in [3.63, 3.8) is 0 Å². The first-order chi connectivity index (χ1) is 14.7. The summed E-state index contributed by atoms with van der Waals surface area (Å²) in [5.41, 5.74) is -1.08. The van der Waals surface area contributed by atoms with Crippen molar-refractivity contribution in [3.8, 4) is 0 Å². The Labute approximate surface area is 151 Å². The van der Waals surface area contributed by atoms with Crippen molar-refractivity contribution in [1.82, 2.24) is 9.80 Å². The Balaban J connectivity index is 1.81. The van der Waals surface area contributed by atoms with Crippen LogP contribution < -0.4 is 0 Å². The lowest BCUT2D eigenvalue weighted by atomic mass is 9.71. The summed E-state index contributed by atoms with van der Waals surface area (Å²) < 4.78 is 77.5. The minimum atomic E-state index is -2.88. The van der Waals surface area contributed by atoms with Crippen molar-refractivity contribution < 1.29 is 17.1 Å². The van der Waals surface area contributed by atoms with Gasteiger partial charge in [-0.15, -0.1) is 0 Å². The van der Waals surface area contributed by atoms with E-state index in [-0.39, 0.29) is 29.6 Å². The molecule has 4 aliphatic heterocycles. The molecule has 23 heavy (non-hydrogen) atoms. The fraction of sp³-hybridized carbons (Fsp3) is 0.650. The van der Waals surface area contributed by atoms with Crippen LogP contribution in [-0.4, -0.2) is 47.9 Å². The summed E-state index contributed by atoms with van der Waals surface area (Å²) in [6, 6.07) is -2.12. The summed E-state index contributed by atoms with van der Waals surface area (Å²) in [7, 11) is 0. The zero-order valence-corrected chi connectivity index (χ0v) is 13.2. The van der Waals surface area contributed by atoms with Crippen molar-refractivity contribution in [2.45, 2.75) is 44.4 Å². The molecule has 6 rings (SSSR count). The van der Waals surface area contributed by atoms with E-state index in [1.165, 1.54) is 11.8 Å². The molecule has 3 heteroatoms. The second kappa shape index (κ2) is 5.07. The zero-order chi connectivity index (χ0) is 23.6. The highest BCUT2D eigenvalue weighted by Crippen LogP contribution is 2.44. The van der Waals surface area contributed by atoms with Crippen molar-refractivity contribution >= 4 is 5.91 Å². The van der Waals surface area contributed by atoms with Gasteiger partial charge < -0.3 is 9.80 Å². The first kappa shape index (κ1) is 7.69. The summed E-state index contributed by atoms with van der Waals surface area (Å²) in [5.74, 6) is -4.78. The van der Waals surface area contributed by atoms with Crippen LogP contribution in [0.5, 0.6) is 0 Å². The normalized spacial score (nSPS) is 55.0. The number of carbonyl (C=O) groups excluding carboxylic acids is 1. The third-order valence-electron chi connectivity index (χ3n) is 5.83. The molecule has 4 heterocycles. The van der Waals surface area contributed by atoms with Gasteiger partial charge in [0.15, 0.2) is 0 Å². The first-order valence-electron chi connectivity index (χ1n) is 12.9. The van der Waals surface area contributed by atoms with E-state index in [0.29, 0.717) is 6.54 Å². The van der Waals surface area contributed by atoms with Gasteiger partial charge in [0.2, 0.25) is 0 Å². The number of amides is 1. The van der Waals surface area contributed by atoms with Crippen LogP contribution in [0.4, 0.5) is 0 Å². The van der Waals surface area contributed by atoms with E-state index >= 15 is 0 Å². The molecule has 3 saturated heterocycles. The van der Waals surface area contributed by atoms with E-state index in [2.05, 4.69) is 4.90 Å². The maximum atomic E-state index is 13.7. The number of nitrogens with zero attached hydrogens (tertiary/aromatic N) is 2. The number of hydrogen-bond acceptors (Lipinski definition) is 2. The van der Waals surface area contributed by atoms with Crippen LogP contribution in [0.1, 0.15) is 65.9 Å². The van der Waals surface area contributed by atoms with E-state index < -0.39 is 54.1 Å². The Kier molecular flexibility index (Phi) is 1.70.